The van der Waals surface area contributed by atoms with Crippen LogP contribution >= 0.6 is 0 Å². The van der Waals surface area contributed by atoms with Crippen LogP contribution in [0.2, 0.25) is 0 Å². The van der Waals surface area contributed by atoms with Crippen molar-refractivity contribution >= 4 is 17.9 Å². The number of aliphatic carboxylic acids is 1. The average molecular weight is 928 g/mol. The normalized spacial score (nSPS) is 13.2. The number of rotatable bonds is 50. The van der Waals surface area contributed by atoms with Crippen molar-refractivity contribution in [2.75, 3.05) is 41.0 Å². The van der Waals surface area contributed by atoms with Gasteiger partial charge in [0.25, 0.3) is 0 Å². The van der Waals surface area contributed by atoms with E-state index in [1.54, 1.807) is 0 Å². The molecule has 384 valence electrons. The number of ether oxygens (including phenoxy) is 3. The maximum atomic E-state index is 12.8. The van der Waals surface area contributed by atoms with E-state index in [1.165, 1.54) is 148 Å². The van der Waals surface area contributed by atoms with Crippen LogP contribution in [0.5, 0.6) is 0 Å². The zero-order valence-electron chi connectivity index (χ0n) is 43.9. The zero-order chi connectivity index (χ0) is 48.4. The fraction of sp³-hybridized carbons (Fsp3) is 0.810. The molecule has 2 unspecified atom stereocenters. The molecule has 0 aliphatic rings. The van der Waals surface area contributed by atoms with Gasteiger partial charge >= 0.3 is 11.9 Å². The van der Waals surface area contributed by atoms with Crippen molar-refractivity contribution in [3.05, 3.63) is 48.6 Å². The van der Waals surface area contributed by atoms with Crippen LogP contribution < -0.4 is 5.11 Å². The third kappa shape index (κ3) is 46.4. The molecule has 2 atom stereocenters. The van der Waals surface area contributed by atoms with Crippen molar-refractivity contribution < 1.29 is 38.2 Å². The molecular formula is C58H105NO7. The molecule has 0 aromatic carbocycles. The summed E-state index contributed by atoms with van der Waals surface area (Å²) in [4.78, 5) is 37.1. The van der Waals surface area contributed by atoms with Gasteiger partial charge in [0.2, 0.25) is 0 Å². The predicted octanol–water partition coefficient (Wildman–Crippen LogP) is 15.0. The number of unbranched alkanes of at least 4 members (excludes halogenated alkanes) is 28. The van der Waals surface area contributed by atoms with Gasteiger partial charge in [0.1, 0.15) is 12.6 Å². The maximum Gasteiger partial charge on any atom is 0.306 e. The molecule has 0 N–H and O–H groups in total. The van der Waals surface area contributed by atoms with Crippen LogP contribution in [0.4, 0.5) is 0 Å². The average Bonchev–Trinajstić information content (AvgIpc) is 3.28. The summed E-state index contributed by atoms with van der Waals surface area (Å²) in [6.45, 7) is 4.59. The van der Waals surface area contributed by atoms with E-state index in [1.807, 2.05) is 21.1 Å². The molecule has 8 heteroatoms. The summed E-state index contributed by atoms with van der Waals surface area (Å²) in [5.74, 6) is -1.73. The Hall–Kier alpha value is -2.71. The summed E-state index contributed by atoms with van der Waals surface area (Å²) in [5, 5.41) is 11.7. The van der Waals surface area contributed by atoms with Gasteiger partial charge in [-0.05, 0) is 51.4 Å². The van der Waals surface area contributed by atoms with Crippen LogP contribution in [0, 0.1) is 0 Å². The molecule has 0 bridgehead atoms. The fourth-order valence-electron chi connectivity index (χ4n) is 8.24. The molecule has 0 amide bonds. The number of quaternary nitrogens is 1. The Morgan fingerprint density at radius 1 is 0.470 bits per heavy atom. The molecule has 8 nitrogen and oxygen atoms in total. The van der Waals surface area contributed by atoms with Crippen molar-refractivity contribution in [1.29, 1.82) is 0 Å². The topological polar surface area (TPSA) is 102 Å². The van der Waals surface area contributed by atoms with Gasteiger partial charge < -0.3 is 28.6 Å². The third-order valence-corrected chi connectivity index (χ3v) is 12.5. The largest absolute Gasteiger partial charge is 0.544 e. The Labute approximate surface area is 407 Å². The summed E-state index contributed by atoms with van der Waals surface area (Å²) in [6.07, 6.45) is 60.0. The molecule has 0 rings (SSSR count). The predicted molar refractivity (Wildman–Crippen MR) is 277 cm³/mol. The van der Waals surface area contributed by atoms with E-state index in [9.17, 15) is 19.5 Å². The number of carboxylic acids is 1. The number of hydrogen-bond donors (Lipinski definition) is 0. The Morgan fingerprint density at radius 3 is 1.26 bits per heavy atom. The van der Waals surface area contributed by atoms with Crippen LogP contribution in [0.25, 0.3) is 0 Å². The highest BCUT2D eigenvalue weighted by molar-refractivity contribution is 5.70. The van der Waals surface area contributed by atoms with Crippen molar-refractivity contribution in [2.45, 2.75) is 264 Å². The van der Waals surface area contributed by atoms with E-state index in [4.69, 9.17) is 14.2 Å². The quantitative estimate of drug-likeness (QED) is 0.0259. The number of likely N-dealkylation sites (N-methyl/N-ethyl adjacent to an activating group) is 1. The summed E-state index contributed by atoms with van der Waals surface area (Å²) in [5.41, 5.74) is 0. The van der Waals surface area contributed by atoms with Crippen LogP contribution in [0.15, 0.2) is 48.6 Å². The van der Waals surface area contributed by atoms with Gasteiger partial charge in [0.15, 0.2) is 6.10 Å². The first-order valence-corrected chi connectivity index (χ1v) is 27.7. The second-order valence-corrected chi connectivity index (χ2v) is 19.8. The SMILES string of the molecule is CC/C=C/C/C=C/C/C=C/C/C=C/CCCCCCCCCCCC(=O)OCC(COCCC(C(=O)[O-])[N+](C)(C)C)OC(=O)CCCCCCCCCCCCCCCCCCCCCC. The molecule has 0 heterocycles. The van der Waals surface area contributed by atoms with E-state index in [2.05, 4.69) is 62.5 Å². The highest BCUT2D eigenvalue weighted by Crippen LogP contribution is 2.17. The first kappa shape index (κ1) is 63.3. The Morgan fingerprint density at radius 2 is 0.848 bits per heavy atom. The van der Waals surface area contributed by atoms with Crippen LogP contribution in [-0.2, 0) is 28.6 Å². The lowest BCUT2D eigenvalue weighted by molar-refractivity contribution is -0.889. The summed E-state index contributed by atoms with van der Waals surface area (Å²) in [7, 11) is 5.42. The maximum absolute atomic E-state index is 12.8. The first-order valence-electron chi connectivity index (χ1n) is 27.7. The third-order valence-electron chi connectivity index (χ3n) is 12.5. The van der Waals surface area contributed by atoms with Gasteiger partial charge in [-0.25, -0.2) is 0 Å². The molecule has 0 fully saturated rings. The molecule has 0 aliphatic heterocycles. The monoisotopic (exact) mass is 928 g/mol. The number of allylic oxidation sites excluding steroid dienone is 8. The number of carbonyl (C=O) groups is 3. The molecule has 0 saturated carbocycles. The van der Waals surface area contributed by atoms with E-state index >= 15 is 0 Å². The van der Waals surface area contributed by atoms with E-state index in [-0.39, 0.29) is 42.7 Å². The zero-order valence-corrected chi connectivity index (χ0v) is 43.9. The highest BCUT2D eigenvalue weighted by Gasteiger charge is 2.25. The van der Waals surface area contributed by atoms with Crippen LogP contribution in [-0.4, -0.2) is 75.5 Å². The van der Waals surface area contributed by atoms with E-state index < -0.39 is 18.1 Å². The molecule has 0 aromatic heterocycles. The minimum Gasteiger partial charge on any atom is -0.544 e. The van der Waals surface area contributed by atoms with Gasteiger partial charge in [0, 0.05) is 19.3 Å². The van der Waals surface area contributed by atoms with Gasteiger partial charge in [0.05, 0.1) is 40.3 Å². The van der Waals surface area contributed by atoms with Gasteiger partial charge in [-0.15, -0.1) is 0 Å². The van der Waals surface area contributed by atoms with E-state index in [0.717, 1.165) is 70.6 Å². The van der Waals surface area contributed by atoms with Crippen LogP contribution in [0.1, 0.15) is 251 Å². The number of carboxylic acid groups (broad SMARTS) is 1. The minimum atomic E-state index is -1.12. The lowest BCUT2D eigenvalue weighted by Crippen LogP contribution is -2.55. The Balaban J connectivity index is 4.18. The standard InChI is InChI=1S/C58H105NO7/c1-6-8-10-12-14-16-18-20-22-24-26-28-29-31-32-34-36-38-40-42-44-46-48-56(60)65-53-54(52-64-51-50-55(58(62)63)59(3,4)5)66-57(61)49-47-45-43-41-39-37-35-33-30-27-25-23-21-19-17-15-13-11-9-7-2/h8,10,14,16,20,22,26,28,54-55H,6-7,9,11-13,15,17-19,21,23-25,27,29-53H2,1-5H3/b10-8+,16-14+,22-20+,28-26+. The molecule has 0 aliphatic carbocycles. The summed E-state index contributed by atoms with van der Waals surface area (Å²) < 4.78 is 17.3. The molecule has 0 spiro atoms. The van der Waals surface area contributed by atoms with Crippen molar-refractivity contribution in [2.24, 2.45) is 0 Å². The first-order chi connectivity index (χ1) is 32.1. The second kappa shape index (κ2) is 48.7. The van der Waals surface area contributed by atoms with Gasteiger partial charge in [-0.2, -0.15) is 0 Å². The molecule has 0 radical (unpaired) electrons. The minimum absolute atomic E-state index is 0.0413. The summed E-state index contributed by atoms with van der Waals surface area (Å²) in [6, 6.07) is -0.727. The Kier molecular flexibility index (Phi) is 46.7. The van der Waals surface area contributed by atoms with Gasteiger partial charge in [-0.3, -0.25) is 9.59 Å². The highest BCUT2D eigenvalue weighted by atomic mass is 16.6. The van der Waals surface area contributed by atoms with E-state index in [0.29, 0.717) is 12.8 Å². The van der Waals surface area contributed by atoms with Crippen molar-refractivity contribution in [1.82, 2.24) is 0 Å². The lowest BCUT2D eigenvalue weighted by atomic mass is 10.0. The summed E-state index contributed by atoms with van der Waals surface area (Å²) >= 11 is 0. The number of esters is 2. The molecular weight excluding hydrogens is 823 g/mol. The number of nitrogens with zero attached hydrogens (tertiary/aromatic N) is 1. The lowest BCUT2D eigenvalue weighted by Gasteiger charge is -2.34. The molecule has 66 heavy (non-hydrogen) atoms. The second-order valence-electron chi connectivity index (χ2n) is 19.8. The number of carbonyl (C=O) groups excluding carboxylic acids is 3. The molecule has 0 aromatic rings. The van der Waals surface area contributed by atoms with Crippen molar-refractivity contribution in [3.8, 4) is 0 Å². The fourth-order valence-corrected chi connectivity index (χ4v) is 8.24. The van der Waals surface area contributed by atoms with Crippen molar-refractivity contribution in [3.63, 3.8) is 0 Å². The Bertz CT molecular complexity index is 1220. The molecule has 0 saturated heterocycles. The van der Waals surface area contributed by atoms with Crippen LogP contribution in [0.3, 0.4) is 0 Å². The smallest absolute Gasteiger partial charge is 0.306 e. The van der Waals surface area contributed by atoms with Gasteiger partial charge in [-0.1, -0.05) is 229 Å². The number of hydrogen-bond acceptors (Lipinski definition) is 7.